The molecule has 0 spiro atoms. The first-order valence-electron chi connectivity index (χ1n) is 19.0. The Morgan fingerprint density at radius 2 is 1.33 bits per heavy atom. The first-order valence-corrected chi connectivity index (χ1v) is 22.5. The number of fused-ring (bicyclic) bond motifs is 3. The van der Waals surface area contributed by atoms with Crippen LogP contribution >= 0.6 is 0 Å². The van der Waals surface area contributed by atoms with Gasteiger partial charge >= 0.3 is 0 Å². The Morgan fingerprint density at radius 3 is 2.00 bits per heavy atom. The molecule has 0 aliphatic rings. The molecule has 3 heterocycles. The van der Waals surface area contributed by atoms with Crippen molar-refractivity contribution in [3.8, 4) is 44.8 Å². The van der Waals surface area contributed by atoms with E-state index in [9.17, 15) is 0 Å². The summed E-state index contributed by atoms with van der Waals surface area (Å²) in [5, 5.41) is 3.69. The maximum atomic E-state index is 6.42. The quantitative estimate of drug-likeness (QED) is 0.113. The average Bonchev–Trinajstić information content (AvgIpc) is 3.56. The van der Waals surface area contributed by atoms with E-state index in [-0.39, 0.29) is 20.1 Å². The third-order valence-electron chi connectivity index (χ3n) is 9.88. The molecule has 0 saturated heterocycles. The van der Waals surface area contributed by atoms with E-state index >= 15 is 0 Å². The molecule has 8 rings (SSSR count). The number of benzene rings is 5. The van der Waals surface area contributed by atoms with Crippen molar-refractivity contribution in [2.45, 2.75) is 59.7 Å². The van der Waals surface area contributed by atoms with Gasteiger partial charge in [0, 0.05) is 37.9 Å². The average molecular weight is 913 g/mol. The molecule has 0 bridgehead atoms. The van der Waals surface area contributed by atoms with Crippen LogP contribution in [0.25, 0.3) is 66.7 Å². The molecular formula is C50H48IrN2OSi-2. The Morgan fingerprint density at radius 1 is 0.636 bits per heavy atom. The molecule has 5 heteroatoms. The fraction of sp³-hybridized carbons (Fsp3) is 0.200. The molecule has 3 nitrogen and oxygen atoms in total. The van der Waals surface area contributed by atoms with Crippen molar-refractivity contribution in [2.24, 2.45) is 5.92 Å². The second-order valence-electron chi connectivity index (χ2n) is 15.8. The zero-order chi connectivity index (χ0) is 37.8. The van der Waals surface area contributed by atoms with Gasteiger partial charge in [-0.25, -0.2) is 0 Å². The molecular weight excluding hydrogens is 865 g/mol. The summed E-state index contributed by atoms with van der Waals surface area (Å²) in [6, 6.07) is 50.8. The second kappa shape index (κ2) is 17.2. The van der Waals surface area contributed by atoms with Crippen molar-refractivity contribution >= 4 is 35.2 Å². The maximum Gasteiger partial charge on any atom is 0.121 e. The largest absolute Gasteiger partial charge is 0.501 e. The van der Waals surface area contributed by atoms with Gasteiger partial charge < -0.3 is 14.4 Å². The Kier molecular flexibility index (Phi) is 12.5. The van der Waals surface area contributed by atoms with Gasteiger partial charge in [0.2, 0.25) is 0 Å². The number of aromatic nitrogens is 2. The fourth-order valence-corrected chi connectivity index (χ4v) is 8.61. The minimum atomic E-state index is -1.34. The Bertz CT molecular complexity index is 2500. The summed E-state index contributed by atoms with van der Waals surface area (Å²) in [5.41, 5.74) is 13.1. The van der Waals surface area contributed by atoms with E-state index in [1.807, 2.05) is 36.5 Å². The van der Waals surface area contributed by atoms with Crippen LogP contribution in [0.5, 0.6) is 0 Å². The van der Waals surface area contributed by atoms with E-state index in [1.54, 1.807) is 0 Å². The van der Waals surface area contributed by atoms with Crippen LogP contribution in [0.3, 0.4) is 0 Å². The summed E-state index contributed by atoms with van der Waals surface area (Å²) in [4.78, 5) is 9.31. The van der Waals surface area contributed by atoms with Crippen LogP contribution in [-0.2, 0) is 26.5 Å². The molecule has 0 aliphatic carbocycles. The van der Waals surface area contributed by atoms with Gasteiger partial charge in [0.15, 0.2) is 0 Å². The number of nitrogens with zero attached hydrogens (tertiary/aromatic N) is 2. The Balaban J connectivity index is 0.000000211. The van der Waals surface area contributed by atoms with E-state index < -0.39 is 8.07 Å². The van der Waals surface area contributed by atoms with E-state index in [0.717, 1.165) is 56.4 Å². The van der Waals surface area contributed by atoms with Crippen molar-refractivity contribution in [3.63, 3.8) is 0 Å². The number of pyridine rings is 2. The molecule has 1 radical (unpaired) electrons. The second-order valence-corrected chi connectivity index (χ2v) is 20.9. The predicted octanol–water partition coefficient (Wildman–Crippen LogP) is 13.2. The summed E-state index contributed by atoms with van der Waals surface area (Å²) >= 11 is 0. The third-order valence-corrected chi connectivity index (χ3v) is 11.9. The van der Waals surface area contributed by atoms with E-state index in [1.165, 1.54) is 33.0 Å². The molecule has 0 aliphatic heterocycles. The van der Waals surface area contributed by atoms with Crippen LogP contribution in [0.15, 0.2) is 144 Å². The molecule has 0 saturated carbocycles. The summed E-state index contributed by atoms with van der Waals surface area (Å²) < 4.78 is 6.42. The minimum absolute atomic E-state index is 0. The van der Waals surface area contributed by atoms with Crippen molar-refractivity contribution in [3.05, 3.63) is 163 Å². The Labute approximate surface area is 341 Å². The minimum Gasteiger partial charge on any atom is -0.501 e. The number of rotatable bonds is 8. The van der Waals surface area contributed by atoms with Gasteiger partial charge in [-0.15, -0.1) is 54.1 Å². The van der Waals surface area contributed by atoms with Gasteiger partial charge in [-0.05, 0) is 69.2 Å². The van der Waals surface area contributed by atoms with Crippen molar-refractivity contribution in [1.29, 1.82) is 0 Å². The molecule has 3 aromatic heterocycles. The fourth-order valence-electron chi connectivity index (χ4n) is 7.02. The molecule has 0 fully saturated rings. The standard InChI is InChI=1S/C32H24NO.C18H24NSi.Ir/c1-21(2)25-17-18-33-30(19-25)29-10-6-9-28-27-16-15-26(20-31(27)34-32(28)29)24-13-11-23(12-14-24)22-7-4-3-5-8-22;1-14(2)11-16-12-17(15-9-7-6-8-10-15)19-13-18(16)20(3,4)5;/h3-9,11-21H,1-2H3;6-9,12-14H,11H2,1-5H3;/q2*-1;. The zero-order valence-electron chi connectivity index (χ0n) is 32.8. The SMILES string of the molecule is CC(C)Cc1cc(-c2[c-]cccc2)ncc1[Si](C)(C)C.CC(C)c1ccnc(-c2[c-]ccc3c2oc2cc(-c4ccc(-c5ccccc5)cc4)ccc23)c1.[Ir]. The first kappa shape index (κ1) is 39.8. The molecule has 0 atom stereocenters. The van der Waals surface area contributed by atoms with Gasteiger partial charge in [-0.1, -0.05) is 148 Å². The zero-order valence-corrected chi connectivity index (χ0v) is 36.2. The van der Waals surface area contributed by atoms with Crippen molar-refractivity contribution in [1.82, 2.24) is 9.97 Å². The normalized spacial score (nSPS) is 11.4. The summed E-state index contributed by atoms with van der Waals surface area (Å²) in [6.45, 7) is 16.1. The number of furan rings is 1. The van der Waals surface area contributed by atoms with Crippen LogP contribution in [0.4, 0.5) is 0 Å². The number of hydrogen-bond acceptors (Lipinski definition) is 3. The van der Waals surface area contributed by atoms with Crippen molar-refractivity contribution in [2.75, 3.05) is 0 Å². The van der Waals surface area contributed by atoms with Gasteiger partial charge in [0.25, 0.3) is 0 Å². The smallest absolute Gasteiger partial charge is 0.121 e. The summed E-state index contributed by atoms with van der Waals surface area (Å²) in [5.74, 6) is 1.10. The molecule has 0 unspecified atom stereocenters. The van der Waals surface area contributed by atoms with Gasteiger partial charge in [0.1, 0.15) is 5.58 Å². The van der Waals surface area contributed by atoms with Gasteiger partial charge in [0.05, 0.1) is 13.7 Å². The molecule has 8 aromatic rings. The topological polar surface area (TPSA) is 38.9 Å². The molecule has 55 heavy (non-hydrogen) atoms. The van der Waals surface area contributed by atoms with Crippen LogP contribution in [0, 0.1) is 18.1 Å². The monoisotopic (exact) mass is 913 g/mol. The summed E-state index contributed by atoms with van der Waals surface area (Å²) in [6.07, 6.45) is 5.11. The van der Waals surface area contributed by atoms with Gasteiger partial charge in [-0.2, -0.15) is 0 Å². The predicted molar refractivity (Wildman–Crippen MR) is 231 cm³/mol. The first-order chi connectivity index (χ1) is 26.0. The van der Waals surface area contributed by atoms with E-state index in [0.29, 0.717) is 11.8 Å². The van der Waals surface area contributed by atoms with Crippen molar-refractivity contribution < 1.29 is 24.5 Å². The van der Waals surface area contributed by atoms with Crippen LogP contribution < -0.4 is 5.19 Å². The van der Waals surface area contributed by atoms with E-state index in [2.05, 4.69) is 173 Å². The molecule has 0 amide bonds. The van der Waals surface area contributed by atoms with Crippen LogP contribution in [0.2, 0.25) is 19.6 Å². The van der Waals surface area contributed by atoms with Crippen LogP contribution in [0.1, 0.15) is 44.7 Å². The molecule has 5 aromatic carbocycles. The third kappa shape index (κ3) is 9.14. The number of hydrogen-bond donors (Lipinski definition) is 0. The maximum absolute atomic E-state index is 6.42. The summed E-state index contributed by atoms with van der Waals surface area (Å²) in [7, 11) is -1.34. The molecule has 279 valence electrons. The Hall–Kier alpha value is -4.93. The molecule has 0 N–H and O–H groups in total. The van der Waals surface area contributed by atoms with E-state index in [4.69, 9.17) is 4.42 Å². The van der Waals surface area contributed by atoms with Crippen LogP contribution in [-0.4, -0.2) is 18.0 Å². The van der Waals surface area contributed by atoms with Gasteiger partial charge in [-0.3, -0.25) is 0 Å².